The predicted octanol–water partition coefficient (Wildman–Crippen LogP) is 1.51. The van der Waals surface area contributed by atoms with E-state index in [2.05, 4.69) is 0 Å². The second kappa shape index (κ2) is 5.35. The number of carbonyl (C=O) groups is 2. The zero-order valence-corrected chi connectivity index (χ0v) is 12.0. The van der Waals surface area contributed by atoms with Gasteiger partial charge in [-0.3, -0.25) is 4.79 Å². The zero-order chi connectivity index (χ0) is 14.3. The third-order valence-electron chi connectivity index (χ3n) is 5.26. The topological polar surface area (TPSA) is 66.8 Å². The summed E-state index contributed by atoms with van der Waals surface area (Å²) in [5.41, 5.74) is 0. The van der Waals surface area contributed by atoms with Gasteiger partial charge in [0, 0.05) is 19.1 Å². The standard InChI is InChI=1S/C15H23NO4/c1-9-7-10(5-6-20-9)14(17)16-8-11-3-2-4-12(11)13(16)15(18)19/h9-13H,2-8H2,1H3,(H,18,19)/t9-,10-,11+,12-,13-/m1/s1. The number of aliphatic carboxylic acids is 1. The van der Waals surface area contributed by atoms with Gasteiger partial charge >= 0.3 is 5.97 Å². The minimum atomic E-state index is -0.826. The lowest BCUT2D eigenvalue weighted by Crippen LogP contribution is -2.47. The van der Waals surface area contributed by atoms with Crippen molar-refractivity contribution < 1.29 is 19.4 Å². The van der Waals surface area contributed by atoms with Crippen molar-refractivity contribution >= 4 is 11.9 Å². The molecule has 5 atom stereocenters. The highest BCUT2D eigenvalue weighted by molar-refractivity contribution is 5.86. The van der Waals surface area contributed by atoms with E-state index in [0.717, 1.165) is 32.1 Å². The van der Waals surface area contributed by atoms with Gasteiger partial charge in [-0.15, -0.1) is 0 Å². The minimum absolute atomic E-state index is 0.0435. The average Bonchev–Trinajstić information content (AvgIpc) is 2.96. The van der Waals surface area contributed by atoms with Gasteiger partial charge in [0.25, 0.3) is 0 Å². The summed E-state index contributed by atoms with van der Waals surface area (Å²) < 4.78 is 5.48. The van der Waals surface area contributed by atoms with E-state index in [1.54, 1.807) is 4.90 Å². The number of amides is 1. The molecule has 0 unspecified atom stereocenters. The van der Waals surface area contributed by atoms with Crippen LogP contribution in [0.25, 0.3) is 0 Å². The average molecular weight is 281 g/mol. The molecular formula is C15H23NO4. The summed E-state index contributed by atoms with van der Waals surface area (Å²) in [5.74, 6) is -0.264. The van der Waals surface area contributed by atoms with E-state index in [-0.39, 0.29) is 23.8 Å². The molecule has 20 heavy (non-hydrogen) atoms. The third-order valence-corrected chi connectivity index (χ3v) is 5.26. The maximum Gasteiger partial charge on any atom is 0.326 e. The van der Waals surface area contributed by atoms with E-state index in [1.807, 2.05) is 6.92 Å². The Balaban J connectivity index is 1.74. The van der Waals surface area contributed by atoms with Crippen LogP contribution in [0.2, 0.25) is 0 Å². The molecule has 1 amide bonds. The summed E-state index contributed by atoms with van der Waals surface area (Å²) in [6.07, 6.45) is 4.68. The monoisotopic (exact) mass is 281 g/mol. The molecule has 0 aromatic rings. The first-order valence-corrected chi connectivity index (χ1v) is 7.73. The Kier molecular flexibility index (Phi) is 3.71. The summed E-state index contributed by atoms with van der Waals surface area (Å²) >= 11 is 0. The van der Waals surface area contributed by atoms with E-state index >= 15 is 0 Å². The number of hydrogen-bond acceptors (Lipinski definition) is 3. The van der Waals surface area contributed by atoms with Crippen LogP contribution in [0.3, 0.4) is 0 Å². The lowest BCUT2D eigenvalue weighted by atomic mass is 9.92. The normalized spacial score (nSPS) is 40.6. The van der Waals surface area contributed by atoms with Crippen molar-refractivity contribution in [3.05, 3.63) is 0 Å². The van der Waals surface area contributed by atoms with E-state index in [0.29, 0.717) is 19.1 Å². The first-order chi connectivity index (χ1) is 9.58. The van der Waals surface area contributed by atoms with Crippen LogP contribution < -0.4 is 0 Å². The lowest BCUT2D eigenvalue weighted by molar-refractivity contribution is -0.153. The van der Waals surface area contributed by atoms with Crippen molar-refractivity contribution in [1.29, 1.82) is 0 Å². The van der Waals surface area contributed by atoms with Crippen LogP contribution in [0, 0.1) is 17.8 Å². The van der Waals surface area contributed by atoms with Crippen LogP contribution in [0.15, 0.2) is 0 Å². The highest BCUT2D eigenvalue weighted by Gasteiger charge is 2.50. The fraction of sp³-hybridized carbons (Fsp3) is 0.867. The van der Waals surface area contributed by atoms with E-state index in [1.165, 1.54) is 0 Å². The second-order valence-electron chi connectivity index (χ2n) is 6.53. The van der Waals surface area contributed by atoms with Gasteiger partial charge < -0.3 is 14.7 Å². The number of ether oxygens (including phenoxy) is 1. The molecule has 1 N–H and O–H groups in total. The molecule has 2 saturated heterocycles. The molecule has 0 aromatic heterocycles. The van der Waals surface area contributed by atoms with E-state index < -0.39 is 12.0 Å². The molecule has 1 aliphatic carbocycles. The molecule has 1 saturated carbocycles. The number of carboxylic acids is 1. The lowest BCUT2D eigenvalue weighted by Gasteiger charge is -2.32. The maximum absolute atomic E-state index is 12.7. The Labute approximate surface area is 119 Å². The van der Waals surface area contributed by atoms with Gasteiger partial charge in [0.05, 0.1) is 6.10 Å². The molecule has 2 heterocycles. The van der Waals surface area contributed by atoms with Crippen molar-refractivity contribution in [2.75, 3.05) is 13.2 Å². The number of likely N-dealkylation sites (tertiary alicyclic amines) is 1. The molecule has 5 nitrogen and oxygen atoms in total. The highest BCUT2D eigenvalue weighted by Crippen LogP contribution is 2.43. The molecule has 3 rings (SSSR count). The van der Waals surface area contributed by atoms with Gasteiger partial charge in [0.2, 0.25) is 5.91 Å². The van der Waals surface area contributed by atoms with Crippen LogP contribution >= 0.6 is 0 Å². The molecule has 3 aliphatic rings. The molecule has 0 bridgehead atoms. The first-order valence-electron chi connectivity index (χ1n) is 7.73. The van der Waals surface area contributed by atoms with E-state index in [4.69, 9.17) is 4.74 Å². The summed E-state index contributed by atoms with van der Waals surface area (Å²) in [4.78, 5) is 26.0. The van der Waals surface area contributed by atoms with Gasteiger partial charge in [-0.2, -0.15) is 0 Å². The predicted molar refractivity (Wildman–Crippen MR) is 72.1 cm³/mol. The van der Waals surface area contributed by atoms with Crippen LogP contribution in [0.5, 0.6) is 0 Å². The van der Waals surface area contributed by atoms with Crippen LogP contribution in [0.1, 0.15) is 39.0 Å². The molecule has 112 valence electrons. The maximum atomic E-state index is 12.7. The molecule has 3 fully saturated rings. The van der Waals surface area contributed by atoms with Crippen molar-refractivity contribution in [2.45, 2.75) is 51.2 Å². The van der Waals surface area contributed by atoms with Gasteiger partial charge in [-0.1, -0.05) is 6.42 Å². The Hall–Kier alpha value is -1.10. The van der Waals surface area contributed by atoms with Crippen LogP contribution in [-0.2, 0) is 14.3 Å². The first kappa shape index (κ1) is 13.9. The summed E-state index contributed by atoms with van der Waals surface area (Å²) in [6.45, 7) is 3.23. The van der Waals surface area contributed by atoms with Crippen molar-refractivity contribution in [3.8, 4) is 0 Å². The van der Waals surface area contributed by atoms with Crippen LogP contribution in [-0.4, -0.2) is 47.2 Å². The molecule has 0 radical (unpaired) electrons. The van der Waals surface area contributed by atoms with E-state index in [9.17, 15) is 14.7 Å². The minimum Gasteiger partial charge on any atom is -0.480 e. The molecule has 0 spiro atoms. The van der Waals surface area contributed by atoms with Gasteiger partial charge in [0.1, 0.15) is 6.04 Å². The highest BCUT2D eigenvalue weighted by atomic mass is 16.5. The SMILES string of the molecule is C[C@@H]1C[C@H](C(=O)N2C[C@@H]3CCC[C@H]3[C@@H]2C(=O)O)CCO1. The van der Waals surface area contributed by atoms with Crippen LogP contribution in [0.4, 0.5) is 0 Å². The zero-order valence-electron chi connectivity index (χ0n) is 12.0. The van der Waals surface area contributed by atoms with Crippen molar-refractivity contribution in [1.82, 2.24) is 4.90 Å². The molecule has 0 aromatic carbocycles. The fourth-order valence-corrected chi connectivity index (χ4v) is 4.31. The molecular weight excluding hydrogens is 258 g/mol. The number of rotatable bonds is 2. The number of hydrogen-bond donors (Lipinski definition) is 1. The van der Waals surface area contributed by atoms with Gasteiger partial charge in [0.15, 0.2) is 0 Å². The quantitative estimate of drug-likeness (QED) is 0.833. The Morgan fingerprint density at radius 1 is 1.25 bits per heavy atom. The Bertz CT molecular complexity index is 411. The van der Waals surface area contributed by atoms with Crippen molar-refractivity contribution in [2.24, 2.45) is 17.8 Å². The smallest absolute Gasteiger partial charge is 0.326 e. The summed E-state index contributed by atoms with van der Waals surface area (Å²) in [5, 5.41) is 9.51. The number of carbonyl (C=O) groups excluding carboxylic acids is 1. The molecule has 5 heteroatoms. The van der Waals surface area contributed by atoms with Crippen molar-refractivity contribution in [3.63, 3.8) is 0 Å². The number of nitrogens with zero attached hydrogens (tertiary/aromatic N) is 1. The van der Waals surface area contributed by atoms with Gasteiger partial charge in [-0.05, 0) is 44.4 Å². The molecule has 2 aliphatic heterocycles. The summed E-state index contributed by atoms with van der Waals surface area (Å²) in [6, 6.07) is -0.590. The number of fused-ring (bicyclic) bond motifs is 1. The Morgan fingerprint density at radius 2 is 2.05 bits per heavy atom. The fourth-order valence-electron chi connectivity index (χ4n) is 4.31. The third kappa shape index (κ3) is 2.32. The Morgan fingerprint density at radius 3 is 2.75 bits per heavy atom. The summed E-state index contributed by atoms with van der Waals surface area (Å²) in [7, 11) is 0. The second-order valence-corrected chi connectivity index (χ2v) is 6.53. The number of carboxylic acid groups (broad SMARTS) is 1. The largest absolute Gasteiger partial charge is 0.480 e. The van der Waals surface area contributed by atoms with Gasteiger partial charge in [-0.25, -0.2) is 4.79 Å².